The molecule has 0 aliphatic carbocycles. The molecule has 5 nitrogen and oxygen atoms in total. The first-order valence-electron chi connectivity index (χ1n) is 9.54. The number of nitrogens with zero attached hydrogens (tertiary/aromatic N) is 1. The third-order valence-electron chi connectivity index (χ3n) is 4.65. The molecule has 0 amide bonds. The van der Waals surface area contributed by atoms with Gasteiger partial charge in [0.25, 0.3) is 5.56 Å². The van der Waals surface area contributed by atoms with Crippen molar-refractivity contribution >= 4 is 11.8 Å². The number of ether oxygens (including phenoxy) is 1. The SMILES string of the molecule is COc1cccc(Cn2c(=O)[nH]c(Sc3cc(C)cc(C)c3)c(C(C)C)c2=O)c1. The van der Waals surface area contributed by atoms with Crippen molar-refractivity contribution in [1.82, 2.24) is 9.55 Å². The predicted octanol–water partition coefficient (Wildman–Crippen LogP) is 4.48. The van der Waals surface area contributed by atoms with Crippen LogP contribution in [0.3, 0.4) is 0 Å². The van der Waals surface area contributed by atoms with Crippen molar-refractivity contribution in [3.8, 4) is 5.75 Å². The minimum atomic E-state index is -0.408. The normalized spacial score (nSPS) is 11.1. The highest BCUT2D eigenvalue weighted by atomic mass is 32.2. The van der Waals surface area contributed by atoms with E-state index in [1.165, 1.54) is 16.3 Å². The van der Waals surface area contributed by atoms with Gasteiger partial charge < -0.3 is 9.72 Å². The molecule has 6 heteroatoms. The quantitative estimate of drug-likeness (QED) is 0.609. The van der Waals surface area contributed by atoms with E-state index in [1.807, 2.05) is 52.0 Å². The van der Waals surface area contributed by atoms with Gasteiger partial charge in [0.15, 0.2) is 0 Å². The Kier molecular flexibility index (Phi) is 6.33. The highest BCUT2D eigenvalue weighted by Gasteiger charge is 2.18. The molecule has 0 aliphatic heterocycles. The lowest BCUT2D eigenvalue weighted by molar-refractivity contribution is 0.414. The zero-order valence-corrected chi connectivity index (χ0v) is 18.2. The summed E-state index contributed by atoms with van der Waals surface area (Å²) in [6.07, 6.45) is 0. The van der Waals surface area contributed by atoms with Gasteiger partial charge in [-0.25, -0.2) is 4.79 Å². The molecule has 0 spiro atoms. The molecule has 3 aromatic rings. The maximum absolute atomic E-state index is 13.2. The Morgan fingerprint density at radius 2 is 1.76 bits per heavy atom. The smallest absolute Gasteiger partial charge is 0.329 e. The Morgan fingerprint density at radius 3 is 2.38 bits per heavy atom. The summed E-state index contributed by atoms with van der Waals surface area (Å²) in [6.45, 7) is 8.21. The van der Waals surface area contributed by atoms with Gasteiger partial charge in [-0.15, -0.1) is 0 Å². The molecule has 0 bridgehead atoms. The zero-order chi connectivity index (χ0) is 21.1. The molecule has 3 rings (SSSR count). The lowest BCUT2D eigenvalue weighted by Gasteiger charge is -2.15. The Labute approximate surface area is 174 Å². The Balaban J connectivity index is 2.06. The van der Waals surface area contributed by atoms with E-state index in [-0.39, 0.29) is 18.0 Å². The highest BCUT2D eigenvalue weighted by Crippen LogP contribution is 2.31. The third kappa shape index (κ3) is 4.82. The molecule has 1 N–H and O–H groups in total. The van der Waals surface area contributed by atoms with Crippen molar-refractivity contribution in [2.45, 2.75) is 50.1 Å². The van der Waals surface area contributed by atoms with Crippen molar-refractivity contribution in [2.75, 3.05) is 7.11 Å². The number of aromatic amines is 1. The summed E-state index contributed by atoms with van der Waals surface area (Å²) in [5.74, 6) is 0.669. The first kappa shape index (κ1) is 21.0. The van der Waals surface area contributed by atoms with Crippen molar-refractivity contribution < 1.29 is 4.74 Å². The van der Waals surface area contributed by atoms with Crippen molar-refractivity contribution in [1.29, 1.82) is 0 Å². The van der Waals surface area contributed by atoms with Crippen molar-refractivity contribution in [3.63, 3.8) is 0 Å². The molecule has 0 unspecified atom stereocenters. The molecular weight excluding hydrogens is 384 g/mol. The first-order valence-corrected chi connectivity index (χ1v) is 10.4. The largest absolute Gasteiger partial charge is 0.497 e. The van der Waals surface area contributed by atoms with E-state index < -0.39 is 5.69 Å². The van der Waals surface area contributed by atoms with Crippen LogP contribution in [-0.4, -0.2) is 16.7 Å². The summed E-state index contributed by atoms with van der Waals surface area (Å²) in [5.41, 5.74) is 3.09. The fraction of sp³-hybridized carbons (Fsp3) is 0.304. The molecule has 1 heterocycles. The fourth-order valence-corrected chi connectivity index (χ4v) is 4.66. The number of rotatable bonds is 6. The second-order valence-electron chi connectivity index (χ2n) is 7.50. The molecule has 0 saturated heterocycles. The fourth-order valence-electron chi connectivity index (χ4n) is 3.36. The van der Waals surface area contributed by atoms with Gasteiger partial charge in [0.2, 0.25) is 0 Å². The maximum Gasteiger partial charge on any atom is 0.329 e. The van der Waals surface area contributed by atoms with E-state index in [0.717, 1.165) is 21.6 Å². The van der Waals surface area contributed by atoms with Crippen LogP contribution in [0.15, 0.2) is 62.0 Å². The first-order chi connectivity index (χ1) is 13.8. The number of methoxy groups -OCH3 is 1. The van der Waals surface area contributed by atoms with Gasteiger partial charge in [-0.1, -0.05) is 43.8 Å². The molecule has 2 aromatic carbocycles. The van der Waals surface area contributed by atoms with Crippen LogP contribution < -0.4 is 16.0 Å². The number of hydrogen-bond donors (Lipinski definition) is 1. The van der Waals surface area contributed by atoms with Gasteiger partial charge in [-0.3, -0.25) is 9.36 Å². The van der Waals surface area contributed by atoms with E-state index in [0.29, 0.717) is 16.3 Å². The molecule has 0 radical (unpaired) electrons. The van der Waals surface area contributed by atoms with E-state index in [1.54, 1.807) is 7.11 Å². The number of nitrogens with one attached hydrogen (secondary N) is 1. The minimum absolute atomic E-state index is 0.0238. The van der Waals surface area contributed by atoms with Gasteiger partial charge in [-0.2, -0.15) is 0 Å². The van der Waals surface area contributed by atoms with Crippen LogP contribution in [0, 0.1) is 13.8 Å². The van der Waals surface area contributed by atoms with Gasteiger partial charge in [0.05, 0.1) is 24.2 Å². The van der Waals surface area contributed by atoms with Gasteiger partial charge in [-0.05, 0) is 60.7 Å². The lowest BCUT2D eigenvalue weighted by Crippen LogP contribution is -2.38. The number of hydrogen-bond acceptors (Lipinski definition) is 4. The van der Waals surface area contributed by atoms with Crippen LogP contribution in [0.2, 0.25) is 0 Å². The summed E-state index contributed by atoms with van der Waals surface area (Å²) in [5, 5.41) is 0.613. The van der Waals surface area contributed by atoms with E-state index >= 15 is 0 Å². The molecule has 0 saturated carbocycles. The predicted molar refractivity (Wildman–Crippen MR) is 118 cm³/mol. The number of benzene rings is 2. The molecule has 29 heavy (non-hydrogen) atoms. The molecule has 152 valence electrons. The average Bonchev–Trinajstić information content (AvgIpc) is 2.64. The third-order valence-corrected chi connectivity index (χ3v) is 5.65. The molecule has 0 fully saturated rings. The lowest BCUT2D eigenvalue weighted by atomic mass is 10.1. The van der Waals surface area contributed by atoms with Crippen LogP contribution in [0.1, 0.15) is 42.0 Å². The van der Waals surface area contributed by atoms with Crippen molar-refractivity contribution in [3.05, 3.63) is 85.6 Å². The second kappa shape index (κ2) is 8.74. The zero-order valence-electron chi connectivity index (χ0n) is 17.4. The van der Waals surface area contributed by atoms with Crippen LogP contribution >= 0.6 is 11.8 Å². The Morgan fingerprint density at radius 1 is 1.07 bits per heavy atom. The maximum atomic E-state index is 13.2. The van der Waals surface area contributed by atoms with Crippen LogP contribution in [-0.2, 0) is 6.54 Å². The van der Waals surface area contributed by atoms with Crippen LogP contribution in [0.25, 0.3) is 0 Å². The summed E-state index contributed by atoms with van der Waals surface area (Å²) in [7, 11) is 1.59. The van der Waals surface area contributed by atoms with Crippen LogP contribution in [0.5, 0.6) is 5.75 Å². The molecule has 1 aromatic heterocycles. The molecule has 0 atom stereocenters. The minimum Gasteiger partial charge on any atom is -0.497 e. The number of aromatic nitrogens is 2. The summed E-state index contributed by atoms with van der Waals surface area (Å²) in [4.78, 5) is 30.0. The van der Waals surface area contributed by atoms with E-state index in [2.05, 4.69) is 23.2 Å². The van der Waals surface area contributed by atoms with Gasteiger partial charge in [0, 0.05) is 4.90 Å². The standard InChI is InChI=1S/C23H26N2O3S/c1-14(2)20-21(29-19-10-15(3)9-16(4)11-19)24-23(27)25(22(20)26)13-17-7-6-8-18(12-17)28-5/h6-12,14H,13H2,1-5H3,(H,24,27). The van der Waals surface area contributed by atoms with E-state index in [9.17, 15) is 9.59 Å². The van der Waals surface area contributed by atoms with Gasteiger partial charge >= 0.3 is 5.69 Å². The second-order valence-corrected chi connectivity index (χ2v) is 8.58. The number of aryl methyl sites for hydroxylation is 2. The summed E-state index contributed by atoms with van der Waals surface area (Å²) in [6, 6.07) is 13.6. The molecule has 0 aliphatic rings. The molecular formula is C23H26N2O3S. The van der Waals surface area contributed by atoms with Gasteiger partial charge in [0.1, 0.15) is 5.75 Å². The Bertz CT molecular complexity index is 1130. The highest BCUT2D eigenvalue weighted by molar-refractivity contribution is 7.99. The topological polar surface area (TPSA) is 64.1 Å². The van der Waals surface area contributed by atoms with Crippen LogP contribution in [0.4, 0.5) is 0 Å². The van der Waals surface area contributed by atoms with Crippen molar-refractivity contribution in [2.24, 2.45) is 0 Å². The summed E-state index contributed by atoms with van der Waals surface area (Å²) < 4.78 is 6.50. The Hall–Kier alpha value is -2.73. The number of H-pyrrole nitrogens is 1. The summed E-state index contributed by atoms with van der Waals surface area (Å²) >= 11 is 1.43. The monoisotopic (exact) mass is 410 g/mol. The average molecular weight is 411 g/mol. The van der Waals surface area contributed by atoms with E-state index in [4.69, 9.17) is 4.74 Å².